The van der Waals surface area contributed by atoms with Crippen LogP contribution in [0.25, 0.3) is 33.1 Å². The smallest absolute Gasteiger partial charge is 0.157 e. The zero-order chi connectivity index (χ0) is 14.9. The molecule has 1 N–H and O–H groups in total. The Bertz CT molecular complexity index is 944. The highest BCUT2D eigenvalue weighted by Crippen LogP contribution is 2.31. The molecule has 0 spiro atoms. The van der Waals surface area contributed by atoms with Crippen molar-refractivity contribution in [3.8, 4) is 11.4 Å². The van der Waals surface area contributed by atoms with Gasteiger partial charge >= 0.3 is 0 Å². The van der Waals surface area contributed by atoms with E-state index in [9.17, 15) is 0 Å². The van der Waals surface area contributed by atoms with Gasteiger partial charge < -0.3 is 0 Å². The van der Waals surface area contributed by atoms with E-state index in [1.165, 1.54) is 11.7 Å². The fourth-order valence-electron chi connectivity index (χ4n) is 2.89. The average Bonchev–Trinajstić information content (AvgIpc) is 3.09. The van der Waals surface area contributed by atoms with Crippen molar-refractivity contribution in [1.29, 1.82) is 0 Å². The maximum Gasteiger partial charge on any atom is 0.157 e. The SMILES string of the molecule is CCCc1nc2c(-c3ncn[nH]3)cccc2c2cnccc12. The van der Waals surface area contributed by atoms with Crippen LogP contribution >= 0.6 is 0 Å². The summed E-state index contributed by atoms with van der Waals surface area (Å²) in [6.45, 7) is 2.17. The summed E-state index contributed by atoms with van der Waals surface area (Å²) in [7, 11) is 0. The second-order valence-electron chi connectivity index (χ2n) is 5.27. The Morgan fingerprint density at radius 1 is 1.09 bits per heavy atom. The van der Waals surface area contributed by atoms with Crippen LogP contribution in [0.5, 0.6) is 0 Å². The molecule has 0 saturated heterocycles. The topological polar surface area (TPSA) is 67.3 Å². The van der Waals surface area contributed by atoms with Crippen LogP contribution in [0.15, 0.2) is 43.0 Å². The lowest BCUT2D eigenvalue weighted by molar-refractivity contribution is 0.899. The zero-order valence-electron chi connectivity index (χ0n) is 12.2. The van der Waals surface area contributed by atoms with Crippen LogP contribution in [0.3, 0.4) is 0 Å². The molecule has 1 aromatic carbocycles. The maximum absolute atomic E-state index is 4.93. The second-order valence-corrected chi connectivity index (χ2v) is 5.27. The van der Waals surface area contributed by atoms with Crippen molar-refractivity contribution in [3.63, 3.8) is 0 Å². The van der Waals surface area contributed by atoms with E-state index >= 15 is 0 Å². The van der Waals surface area contributed by atoms with Gasteiger partial charge in [0.15, 0.2) is 5.82 Å². The minimum absolute atomic E-state index is 0.740. The molecule has 0 radical (unpaired) electrons. The molecule has 22 heavy (non-hydrogen) atoms. The molecule has 0 atom stereocenters. The molecule has 3 heterocycles. The normalized spacial score (nSPS) is 11.3. The molecule has 0 bridgehead atoms. The van der Waals surface area contributed by atoms with Crippen molar-refractivity contribution >= 4 is 21.7 Å². The van der Waals surface area contributed by atoms with Gasteiger partial charge in [-0.05, 0) is 18.6 Å². The summed E-state index contributed by atoms with van der Waals surface area (Å²) in [5, 5.41) is 10.3. The number of benzene rings is 1. The number of para-hydroxylation sites is 1. The number of aromatic nitrogens is 5. The van der Waals surface area contributed by atoms with Gasteiger partial charge in [-0.1, -0.05) is 25.5 Å². The molecule has 4 aromatic rings. The minimum Gasteiger partial charge on any atom is -0.264 e. The van der Waals surface area contributed by atoms with Crippen molar-refractivity contribution in [2.24, 2.45) is 0 Å². The van der Waals surface area contributed by atoms with Crippen LogP contribution in [0.1, 0.15) is 19.0 Å². The van der Waals surface area contributed by atoms with E-state index in [0.717, 1.165) is 46.2 Å². The van der Waals surface area contributed by atoms with Crippen LogP contribution in [0, 0.1) is 0 Å². The molecule has 5 heteroatoms. The lowest BCUT2D eigenvalue weighted by Gasteiger charge is -2.10. The van der Waals surface area contributed by atoms with Crippen molar-refractivity contribution in [2.45, 2.75) is 19.8 Å². The largest absolute Gasteiger partial charge is 0.264 e. The van der Waals surface area contributed by atoms with Crippen molar-refractivity contribution in [2.75, 3.05) is 0 Å². The monoisotopic (exact) mass is 289 g/mol. The Morgan fingerprint density at radius 2 is 2.05 bits per heavy atom. The fourth-order valence-corrected chi connectivity index (χ4v) is 2.89. The highest BCUT2D eigenvalue weighted by atomic mass is 15.2. The number of nitrogens with one attached hydrogen (secondary N) is 1. The Labute approximate surface area is 127 Å². The lowest BCUT2D eigenvalue weighted by atomic mass is 10.0. The second kappa shape index (κ2) is 5.18. The Hall–Kier alpha value is -2.82. The average molecular weight is 289 g/mol. The van der Waals surface area contributed by atoms with E-state index in [0.29, 0.717) is 0 Å². The lowest BCUT2D eigenvalue weighted by Crippen LogP contribution is -1.96. The number of aromatic amines is 1. The van der Waals surface area contributed by atoms with E-state index in [-0.39, 0.29) is 0 Å². The number of nitrogens with zero attached hydrogens (tertiary/aromatic N) is 4. The molecule has 0 aliphatic heterocycles. The molecule has 0 amide bonds. The Morgan fingerprint density at radius 3 is 2.86 bits per heavy atom. The van der Waals surface area contributed by atoms with E-state index in [4.69, 9.17) is 4.98 Å². The summed E-state index contributed by atoms with van der Waals surface area (Å²) < 4.78 is 0. The summed E-state index contributed by atoms with van der Waals surface area (Å²) >= 11 is 0. The van der Waals surface area contributed by atoms with Gasteiger partial charge in [0.2, 0.25) is 0 Å². The fraction of sp³-hybridized carbons (Fsp3) is 0.176. The highest BCUT2D eigenvalue weighted by Gasteiger charge is 2.13. The minimum atomic E-state index is 0.740. The maximum atomic E-state index is 4.93. The van der Waals surface area contributed by atoms with Gasteiger partial charge in [-0.25, -0.2) is 4.98 Å². The van der Waals surface area contributed by atoms with Gasteiger partial charge in [0, 0.05) is 39.8 Å². The molecule has 0 aliphatic carbocycles. The van der Waals surface area contributed by atoms with Crippen molar-refractivity contribution < 1.29 is 0 Å². The number of hydrogen-bond acceptors (Lipinski definition) is 4. The van der Waals surface area contributed by atoms with Crippen LogP contribution in [-0.2, 0) is 6.42 Å². The number of hydrogen-bond donors (Lipinski definition) is 1. The first-order valence-electron chi connectivity index (χ1n) is 7.39. The Kier molecular flexibility index (Phi) is 3.04. The molecule has 108 valence electrons. The predicted molar refractivity (Wildman–Crippen MR) is 86.4 cm³/mol. The molecule has 0 saturated carbocycles. The third-order valence-electron chi connectivity index (χ3n) is 3.86. The van der Waals surface area contributed by atoms with Gasteiger partial charge in [-0.3, -0.25) is 15.1 Å². The summed E-state index contributed by atoms with van der Waals surface area (Å²) in [5.41, 5.74) is 3.03. The van der Waals surface area contributed by atoms with Gasteiger partial charge in [-0.15, -0.1) is 0 Å². The zero-order valence-corrected chi connectivity index (χ0v) is 12.2. The van der Waals surface area contributed by atoms with E-state index in [1.54, 1.807) is 0 Å². The summed E-state index contributed by atoms with van der Waals surface area (Å²) in [5.74, 6) is 0.740. The first kappa shape index (κ1) is 12.9. The van der Waals surface area contributed by atoms with Gasteiger partial charge in [-0.2, -0.15) is 5.10 Å². The third-order valence-corrected chi connectivity index (χ3v) is 3.86. The third kappa shape index (κ3) is 1.94. The number of aryl methyl sites for hydroxylation is 1. The number of H-pyrrole nitrogens is 1. The van der Waals surface area contributed by atoms with E-state index in [1.807, 2.05) is 30.6 Å². The molecule has 0 aliphatic rings. The van der Waals surface area contributed by atoms with Gasteiger partial charge in [0.1, 0.15) is 6.33 Å². The summed E-state index contributed by atoms with van der Waals surface area (Å²) in [6.07, 6.45) is 7.27. The molecule has 3 aromatic heterocycles. The van der Waals surface area contributed by atoms with Crippen molar-refractivity contribution in [3.05, 3.63) is 48.7 Å². The summed E-state index contributed by atoms with van der Waals surface area (Å²) in [4.78, 5) is 13.5. The first-order chi connectivity index (χ1) is 10.9. The molecule has 0 fully saturated rings. The van der Waals surface area contributed by atoms with Crippen molar-refractivity contribution in [1.82, 2.24) is 25.1 Å². The van der Waals surface area contributed by atoms with E-state index in [2.05, 4.69) is 33.2 Å². The van der Waals surface area contributed by atoms with E-state index < -0.39 is 0 Å². The van der Waals surface area contributed by atoms with Crippen LogP contribution in [-0.4, -0.2) is 25.1 Å². The van der Waals surface area contributed by atoms with Crippen LogP contribution in [0.2, 0.25) is 0 Å². The number of pyridine rings is 2. The molecule has 0 unspecified atom stereocenters. The standard InChI is InChI=1S/C17H15N5/c1-2-4-15-11-7-8-18-9-14(11)12-5-3-6-13(16(12)21-15)17-19-10-20-22-17/h3,5-10H,2,4H2,1H3,(H,19,20,22). The van der Waals surface area contributed by atoms with Gasteiger partial charge in [0.05, 0.1) is 5.52 Å². The number of fused-ring (bicyclic) bond motifs is 3. The molecule has 4 rings (SSSR count). The summed E-state index contributed by atoms with van der Waals surface area (Å²) in [6, 6.07) is 8.18. The predicted octanol–water partition coefficient (Wildman–Crippen LogP) is 3.52. The Balaban J connectivity index is 2.13. The molecular formula is C17H15N5. The van der Waals surface area contributed by atoms with Crippen LogP contribution < -0.4 is 0 Å². The highest BCUT2D eigenvalue weighted by molar-refractivity contribution is 6.09. The molecule has 5 nitrogen and oxygen atoms in total. The van der Waals surface area contributed by atoms with Crippen LogP contribution in [0.4, 0.5) is 0 Å². The quantitative estimate of drug-likeness (QED) is 0.586. The molecular weight excluding hydrogens is 274 g/mol. The first-order valence-corrected chi connectivity index (χ1v) is 7.39. The van der Waals surface area contributed by atoms with Gasteiger partial charge in [0.25, 0.3) is 0 Å². The number of rotatable bonds is 3.